The number of carboxylic acids is 1. The topological polar surface area (TPSA) is 122 Å². The number of halogens is 3. The van der Waals surface area contributed by atoms with Gasteiger partial charge >= 0.3 is 12.1 Å². The monoisotopic (exact) mass is 299 g/mol. The molecule has 10 heteroatoms. The predicted molar refractivity (Wildman–Crippen MR) is 60.6 cm³/mol. The highest BCUT2D eigenvalue weighted by Gasteiger charge is 2.38. The zero-order valence-electron chi connectivity index (χ0n) is 10.9. The van der Waals surface area contributed by atoms with E-state index in [1.807, 2.05) is 13.8 Å². The zero-order valence-corrected chi connectivity index (χ0v) is 10.9. The summed E-state index contributed by atoms with van der Waals surface area (Å²) in [5.74, 6) is -1.95. The van der Waals surface area contributed by atoms with E-state index < -0.39 is 18.2 Å². The van der Waals surface area contributed by atoms with Crippen molar-refractivity contribution in [2.75, 3.05) is 0 Å². The summed E-state index contributed by atoms with van der Waals surface area (Å²) in [6, 6.07) is -0.342. The van der Waals surface area contributed by atoms with Crippen LogP contribution in [-0.4, -0.2) is 38.5 Å². The molecule has 0 radical (unpaired) electrons. The molecular formula is C10H16F3N3O4. The van der Waals surface area contributed by atoms with Crippen molar-refractivity contribution in [1.82, 2.24) is 10.1 Å². The molecule has 1 heterocycles. The second-order valence-electron chi connectivity index (χ2n) is 3.72. The summed E-state index contributed by atoms with van der Waals surface area (Å²) in [6.07, 6.45) is -4.57. The van der Waals surface area contributed by atoms with Crippen LogP contribution in [0.25, 0.3) is 0 Å². The van der Waals surface area contributed by atoms with Gasteiger partial charge in [0.1, 0.15) is 6.10 Å². The van der Waals surface area contributed by atoms with Crippen molar-refractivity contribution in [3.63, 3.8) is 0 Å². The highest BCUT2D eigenvalue weighted by molar-refractivity contribution is 5.73. The molecule has 0 amide bonds. The molecule has 1 aromatic heterocycles. The van der Waals surface area contributed by atoms with E-state index in [1.54, 1.807) is 0 Å². The van der Waals surface area contributed by atoms with Crippen LogP contribution in [0.1, 0.15) is 38.1 Å². The minimum Gasteiger partial charge on any atom is -0.475 e. The van der Waals surface area contributed by atoms with E-state index in [1.165, 1.54) is 0 Å². The molecule has 2 atom stereocenters. The molecule has 7 nitrogen and oxygen atoms in total. The molecule has 2 unspecified atom stereocenters. The van der Waals surface area contributed by atoms with Crippen LogP contribution < -0.4 is 5.73 Å². The number of hydrogen-bond donors (Lipinski definition) is 3. The molecule has 0 aliphatic rings. The van der Waals surface area contributed by atoms with Gasteiger partial charge in [-0.3, -0.25) is 0 Å². The molecule has 0 fully saturated rings. The van der Waals surface area contributed by atoms with E-state index in [0.717, 1.165) is 0 Å². The molecule has 116 valence electrons. The number of aromatic nitrogens is 2. The van der Waals surface area contributed by atoms with Gasteiger partial charge in [0.15, 0.2) is 5.82 Å². The van der Waals surface area contributed by atoms with E-state index in [9.17, 15) is 18.3 Å². The molecule has 1 rings (SSSR count). The largest absolute Gasteiger partial charge is 0.490 e. The number of carboxylic acid groups (broad SMARTS) is 1. The lowest BCUT2D eigenvalue weighted by Gasteiger charge is -2.11. The quantitative estimate of drug-likeness (QED) is 0.759. The summed E-state index contributed by atoms with van der Waals surface area (Å²) in [4.78, 5) is 12.9. The van der Waals surface area contributed by atoms with Crippen molar-refractivity contribution in [1.29, 1.82) is 0 Å². The minimum absolute atomic E-state index is 0.214. The Labute approximate surface area is 112 Å². The average molecular weight is 299 g/mol. The second-order valence-corrected chi connectivity index (χ2v) is 3.72. The van der Waals surface area contributed by atoms with Gasteiger partial charge in [0.2, 0.25) is 0 Å². The van der Waals surface area contributed by atoms with Crippen LogP contribution in [0.2, 0.25) is 0 Å². The van der Waals surface area contributed by atoms with Gasteiger partial charge in [0.25, 0.3) is 5.89 Å². The van der Waals surface area contributed by atoms with Gasteiger partial charge < -0.3 is 20.5 Å². The maximum Gasteiger partial charge on any atom is 0.490 e. The molecule has 0 spiro atoms. The second kappa shape index (κ2) is 7.80. The van der Waals surface area contributed by atoms with Crippen molar-refractivity contribution in [3.05, 3.63) is 11.7 Å². The van der Waals surface area contributed by atoms with Gasteiger partial charge in [-0.05, 0) is 6.42 Å². The Bertz CT molecular complexity index is 422. The number of alkyl halides is 3. The van der Waals surface area contributed by atoms with Crippen molar-refractivity contribution >= 4 is 5.97 Å². The van der Waals surface area contributed by atoms with E-state index in [0.29, 0.717) is 18.7 Å². The maximum atomic E-state index is 10.6. The zero-order chi connectivity index (χ0) is 15.9. The average Bonchev–Trinajstić information content (AvgIpc) is 2.85. The lowest BCUT2D eigenvalue weighted by Crippen LogP contribution is -2.27. The van der Waals surface area contributed by atoms with Crippen molar-refractivity contribution in [2.45, 2.75) is 45.0 Å². The number of nitrogens with two attached hydrogens (primary N) is 1. The molecule has 20 heavy (non-hydrogen) atoms. The third-order valence-electron chi connectivity index (χ3n) is 2.17. The highest BCUT2D eigenvalue weighted by atomic mass is 19.4. The Balaban J connectivity index is 0.000000441. The smallest absolute Gasteiger partial charge is 0.475 e. The Morgan fingerprint density at radius 2 is 1.95 bits per heavy atom. The predicted octanol–water partition coefficient (Wildman–Crippen LogP) is 1.04. The maximum absolute atomic E-state index is 10.6. The number of carbonyl (C=O) groups is 1. The van der Waals surface area contributed by atoms with Gasteiger partial charge in [0.05, 0.1) is 0 Å². The molecule has 0 saturated heterocycles. The number of hydrogen-bond acceptors (Lipinski definition) is 6. The Hall–Kier alpha value is -1.68. The first kappa shape index (κ1) is 18.3. The summed E-state index contributed by atoms with van der Waals surface area (Å²) in [6.45, 7) is 3.81. The third-order valence-corrected chi connectivity index (χ3v) is 2.17. The summed E-state index contributed by atoms with van der Waals surface area (Å²) >= 11 is 0. The first-order valence-corrected chi connectivity index (χ1v) is 5.69. The van der Waals surface area contributed by atoms with Crippen molar-refractivity contribution in [3.8, 4) is 0 Å². The van der Waals surface area contributed by atoms with E-state index in [2.05, 4.69) is 10.1 Å². The molecule has 0 saturated carbocycles. The number of aryl methyl sites for hydroxylation is 1. The Kier molecular flexibility index (Phi) is 7.14. The Morgan fingerprint density at radius 3 is 2.25 bits per heavy atom. The van der Waals surface area contributed by atoms with Crippen LogP contribution in [0.15, 0.2) is 4.52 Å². The van der Waals surface area contributed by atoms with Gasteiger partial charge in [-0.1, -0.05) is 19.0 Å². The fourth-order valence-electron chi connectivity index (χ4n) is 0.938. The Morgan fingerprint density at radius 1 is 1.45 bits per heavy atom. The van der Waals surface area contributed by atoms with Crippen LogP contribution in [0, 0.1) is 0 Å². The lowest BCUT2D eigenvalue weighted by atomic mass is 10.1. The summed E-state index contributed by atoms with van der Waals surface area (Å²) in [5, 5.41) is 20.4. The van der Waals surface area contributed by atoms with Crippen LogP contribution in [0.3, 0.4) is 0 Å². The number of nitrogens with zero attached hydrogens (tertiary/aromatic N) is 2. The summed E-state index contributed by atoms with van der Waals surface area (Å²) in [7, 11) is 0. The number of aliphatic hydroxyl groups is 1. The number of aliphatic hydroxyl groups excluding tert-OH is 1. The fraction of sp³-hybridized carbons (Fsp3) is 0.700. The van der Waals surface area contributed by atoms with Gasteiger partial charge in [0, 0.05) is 12.5 Å². The van der Waals surface area contributed by atoms with E-state index >= 15 is 0 Å². The van der Waals surface area contributed by atoms with Crippen LogP contribution in [0.4, 0.5) is 13.2 Å². The molecule has 0 bridgehead atoms. The van der Waals surface area contributed by atoms with Crippen molar-refractivity contribution < 1.29 is 32.7 Å². The summed E-state index contributed by atoms with van der Waals surface area (Å²) < 4.78 is 36.6. The SMILES string of the molecule is CCc1noc(C(O)C(N)CC)n1.O=C(O)C(F)(F)F. The molecule has 1 aromatic rings. The van der Waals surface area contributed by atoms with Crippen LogP contribution >= 0.6 is 0 Å². The minimum atomic E-state index is -5.08. The third kappa shape index (κ3) is 5.97. The summed E-state index contributed by atoms with van der Waals surface area (Å²) in [5.41, 5.74) is 5.62. The van der Waals surface area contributed by atoms with E-state index in [4.69, 9.17) is 20.2 Å². The molecule has 0 aliphatic carbocycles. The van der Waals surface area contributed by atoms with Gasteiger partial charge in [-0.25, -0.2) is 4.79 Å². The standard InChI is InChI=1S/C8H15N3O2.C2HF3O2/c1-3-5(9)7(12)8-10-6(4-2)11-13-8;3-2(4,5)1(6)7/h5,7,12H,3-4,9H2,1-2H3;(H,6,7). The molecule has 0 aliphatic heterocycles. The lowest BCUT2D eigenvalue weighted by molar-refractivity contribution is -0.192. The van der Waals surface area contributed by atoms with Crippen molar-refractivity contribution in [2.24, 2.45) is 5.73 Å². The fourth-order valence-corrected chi connectivity index (χ4v) is 0.938. The highest BCUT2D eigenvalue weighted by Crippen LogP contribution is 2.15. The number of rotatable bonds is 4. The van der Waals surface area contributed by atoms with E-state index in [-0.39, 0.29) is 11.9 Å². The first-order chi connectivity index (χ1) is 9.13. The normalized spacial score (nSPS) is 14.2. The van der Waals surface area contributed by atoms with Gasteiger partial charge in [-0.15, -0.1) is 0 Å². The molecule has 4 N–H and O–H groups in total. The molecule has 0 aromatic carbocycles. The first-order valence-electron chi connectivity index (χ1n) is 5.69. The molecular weight excluding hydrogens is 283 g/mol. The van der Waals surface area contributed by atoms with Crippen LogP contribution in [0.5, 0.6) is 0 Å². The number of aliphatic carboxylic acids is 1. The van der Waals surface area contributed by atoms with Crippen LogP contribution in [-0.2, 0) is 11.2 Å². The van der Waals surface area contributed by atoms with Gasteiger partial charge in [-0.2, -0.15) is 18.2 Å².